The van der Waals surface area contributed by atoms with Gasteiger partial charge in [0.1, 0.15) is 11.9 Å². The zero-order chi connectivity index (χ0) is 12.7. The molecular weight excluding hydrogens is 230 g/mol. The topological polar surface area (TPSA) is 70.1 Å². The molecule has 1 unspecified atom stereocenters. The van der Waals surface area contributed by atoms with Crippen LogP contribution in [-0.2, 0) is 6.42 Å². The zero-order valence-corrected chi connectivity index (χ0v) is 9.96. The molecule has 92 valence electrons. The van der Waals surface area contributed by atoms with Crippen LogP contribution in [0.3, 0.4) is 0 Å². The molecule has 0 amide bonds. The summed E-state index contributed by atoms with van der Waals surface area (Å²) in [4.78, 5) is 15.9. The fraction of sp³-hybridized carbons (Fsp3) is 0.231. The molecule has 0 spiro atoms. The number of para-hydroxylation sites is 1. The summed E-state index contributed by atoms with van der Waals surface area (Å²) in [7, 11) is 0. The molecule has 0 saturated heterocycles. The summed E-state index contributed by atoms with van der Waals surface area (Å²) in [5.41, 5.74) is 7.19. The number of aromatic nitrogens is 2. The van der Waals surface area contributed by atoms with Gasteiger partial charge < -0.3 is 10.5 Å². The fourth-order valence-corrected chi connectivity index (χ4v) is 2.19. The first-order chi connectivity index (χ1) is 8.66. The molecule has 1 aromatic heterocycles. The number of nitrogens with two attached hydrogens (primary N) is 1. The van der Waals surface area contributed by atoms with Crippen molar-refractivity contribution in [1.29, 1.82) is 0 Å². The number of nitrogens with zero attached hydrogens (tertiary/aromatic N) is 2. The van der Waals surface area contributed by atoms with E-state index in [1.807, 2.05) is 37.3 Å². The molecule has 0 bridgehead atoms. The number of ether oxygens (including phenoxy) is 1. The summed E-state index contributed by atoms with van der Waals surface area (Å²) in [6.45, 7) is 1.93. The Bertz CT molecular complexity index is 649. The summed E-state index contributed by atoms with van der Waals surface area (Å²) in [6.07, 6.45) is 0.696. The molecule has 0 saturated carbocycles. The molecule has 2 aromatic rings. The largest absolute Gasteiger partial charge is 0.474 e. The Morgan fingerprint density at radius 1 is 1.39 bits per heavy atom. The van der Waals surface area contributed by atoms with Crippen LogP contribution in [0.25, 0.3) is 5.69 Å². The number of benzene rings is 1. The second-order valence-electron chi connectivity index (χ2n) is 4.37. The number of anilines is 1. The molecule has 0 fully saturated rings. The van der Waals surface area contributed by atoms with Crippen molar-refractivity contribution in [3.05, 3.63) is 46.4 Å². The van der Waals surface area contributed by atoms with Crippen molar-refractivity contribution in [3.8, 4) is 11.6 Å². The Hall–Kier alpha value is -2.30. The van der Waals surface area contributed by atoms with Crippen LogP contribution in [0.15, 0.2) is 35.1 Å². The van der Waals surface area contributed by atoms with Crippen molar-refractivity contribution in [3.63, 3.8) is 0 Å². The first-order valence-electron chi connectivity index (χ1n) is 5.80. The fourth-order valence-electron chi connectivity index (χ4n) is 2.19. The number of fused-ring (bicyclic) bond motifs is 1. The molecule has 5 nitrogen and oxygen atoms in total. The molecule has 1 aliphatic heterocycles. The van der Waals surface area contributed by atoms with Crippen molar-refractivity contribution < 1.29 is 4.74 Å². The zero-order valence-electron chi connectivity index (χ0n) is 9.96. The van der Waals surface area contributed by atoms with Crippen LogP contribution in [0.5, 0.6) is 5.88 Å². The minimum absolute atomic E-state index is 0.0147. The van der Waals surface area contributed by atoms with E-state index in [9.17, 15) is 4.79 Å². The van der Waals surface area contributed by atoms with E-state index in [0.717, 1.165) is 11.3 Å². The maximum absolute atomic E-state index is 12.0. The second-order valence-corrected chi connectivity index (χ2v) is 4.37. The van der Waals surface area contributed by atoms with E-state index in [0.29, 0.717) is 18.1 Å². The molecule has 18 heavy (non-hydrogen) atoms. The lowest BCUT2D eigenvalue weighted by atomic mass is 10.2. The Morgan fingerprint density at radius 3 is 2.83 bits per heavy atom. The molecular formula is C13H13N3O2. The van der Waals surface area contributed by atoms with Crippen LogP contribution in [-0.4, -0.2) is 15.7 Å². The van der Waals surface area contributed by atoms with Gasteiger partial charge in [0.05, 0.1) is 11.3 Å². The van der Waals surface area contributed by atoms with Gasteiger partial charge in [-0.3, -0.25) is 0 Å². The third kappa shape index (κ3) is 1.55. The summed E-state index contributed by atoms with van der Waals surface area (Å²) in [6, 6.07) is 9.24. The van der Waals surface area contributed by atoms with Crippen LogP contribution in [0.4, 0.5) is 5.82 Å². The van der Waals surface area contributed by atoms with Gasteiger partial charge in [-0.25, -0.2) is 9.36 Å². The number of nitrogen functional groups attached to an aromatic ring is 1. The molecule has 1 aliphatic rings. The molecule has 0 radical (unpaired) electrons. The van der Waals surface area contributed by atoms with Gasteiger partial charge in [0.15, 0.2) is 0 Å². The lowest BCUT2D eigenvalue weighted by molar-refractivity contribution is 0.245. The van der Waals surface area contributed by atoms with Crippen LogP contribution in [0.1, 0.15) is 12.5 Å². The Kier molecular flexibility index (Phi) is 2.33. The predicted octanol–water partition coefficient (Wildman–Crippen LogP) is 1.14. The maximum atomic E-state index is 12.0. The quantitative estimate of drug-likeness (QED) is 0.815. The van der Waals surface area contributed by atoms with E-state index in [1.165, 1.54) is 4.57 Å². The van der Waals surface area contributed by atoms with E-state index >= 15 is 0 Å². The van der Waals surface area contributed by atoms with Gasteiger partial charge in [0, 0.05) is 6.42 Å². The Morgan fingerprint density at radius 2 is 2.11 bits per heavy atom. The SMILES string of the molecule is CC1Cc2c(nc(=O)n(-c3ccccc3)c2N)O1. The van der Waals surface area contributed by atoms with Crippen molar-refractivity contribution in [2.45, 2.75) is 19.4 Å². The monoisotopic (exact) mass is 243 g/mol. The summed E-state index contributed by atoms with van der Waals surface area (Å²) >= 11 is 0. The molecule has 1 atom stereocenters. The highest BCUT2D eigenvalue weighted by Crippen LogP contribution is 2.30. The highest BCUT2D eigenvalue weighted by Gasteiger charge is 2.26. The van der Waals surface area contributed by atoms with E-state index < -0.39 is 5.69 Å². The van der Waals surface area contributed by atoms with Gasteiger partial charge in [-0.15, -0.1) is 0 Å². The normalized spacial score (nSPS) is 17.3. The molecule has 3 rings (SSSR count). The van der Waals surface area contributed by atoms with Crippen LogP contribution in [0, 0.1) is 0 Å². The van der Waals surface area contributed by atoms with Gasteiger partial charge in [-0.05, 0) is 19.1 Å². The predicted molar refractivity (Wildman–Crippen MR) is 68.0 cm³/mol. The van der Waals surface area contributed by atoms with Crippen molar-refractivity contribution in [2.24, 2.45) is 0 Å². The van der Waals surface area contributed by atoms with Crippen LogP contribution >= 0.6 is 0 Å². The first-order valence-corrected chi connectivity index (χ1v) is 5.80. The second kappa shape index (κ2) is 3.87. The first kappa shape index (κ1) is 10.8. The van der Waals surface area contributed by atoms with Crippen molar-refractivity contribution in [2.75, 3.05) is 5.73 Å². The maximum Gasteiger partial charge on any atom is 0.357 e. The molecule has 0 aliphatic carbocycles. The average Bonchev–Trinajstić information content (AvgIpc) is 2.71. The van der Waals surface area contributed by atoms with Gasteiger partial charge in [0.2, 0.25) is 5.88 Å². The number of rotatable bonds is 1. The lowest BCUT2D eigenvalue weighted by Gasteiger charge is -2.10. The third-order valence-corrected chi connectivity index (χ3v) is 3.02. The molecule has 5 heteroatoms. The van der Waals surface area contributed by atoms with E-state index in [4.69, 9.17) is 10.5 Å². The number of hydrogen-bond acceptors (Lipinski definition) is 4. The molecule has 1 aromatic carbocycles. The van der Waals surface area contributed by atoms with Gasteiger partial charge >= 0.3 is 5.69 Å². The van der Waals surface area contributed by atoms with Crippen LogP contribution < -0.4 is 16.2 Å². The molecule has 2 heterocycles. The Balaban J connectivity index is 2.24. The van der Waals surface area contributed by atoms with Gasteiger partial charge in [-0.1, -0.05) is 18.2 Å². The summed E-state index contributed by atoms with van der Waals surface area (Å²) < 4.78 is 6.87. The van der Waals surface area contributed by atoms with E-state index in [2.05, 4.69) is 4.98 Å². The summed E-state index contributed by atoms with van der Waals surface area (Å²) in [5.74, 6) is 0.790. The smallest absolute Gasteiger partial charge is 0.357 e. The highest BCUT2D eigenvalue weighted by molar-refractivity contribution is 5.53. The lowest BCUT2D eigenvalue weighted by Crippen LogP contribution is -2.25. The van der Waals surface area contributed by atoms with E-state index in [-0.39, 0.29) is 6.10 Å². The van der Waals surface area contributed by atoms with Crippen LogP contribution in [0.2, 0.25) is 0 Å². The Labute approximate surface area is 104 Å². The highest BCUT2D eigenvalue weighted by atomic mass is 16.5. The number of hydrogen-bond donors (Lipinski definition) is 1. The van der Waals surface area contributed by atoms with E-state index in [1.54, 1.807) is 0 Å². The molecule has 2 N–H and O–H groups in total. The third-order valence-electron chi connectivity index (χ3n) is 3.02. The summed E-state index contributed by atoms with van der Waals surface area (Å²) in [5, 5.41) is 0. The average molecular weight is 243 g/mol. The van der Waals surface area contributed by atoms with Crippen molar-refractivity contribution in [1.82, 2.24) is 9.55 Å². The van der Waals surface area contributed by atoms with Gasteiger partial charge in [-0.2, -0.15) is 4.98 Å². The van der Waals surface area contributed by atoms with Crippen molar-refractivity contribution >= 4 is 5.82 Å². The van der Waals surface area contributed by atoms with Gasteiger partial charge in [0.25, 0.3) is 0 Å². The standard InChI is InChI=1S/C13H13N3O2/c1-8-7-10-11(14)16(9-5-3-2-4-6-9)13(17)15-12(10)18-8/h2-6,8H,7,14H2,1H3. The minimum Gasteiger partial charge on any atom is -0.474 e. The minimum atomic E-state index is -0.411.